The summed E-state index contributed by atoms with van der Waals surface area (Å²) in [7, 11) is 0. The second kappa shape index (κ2) is 7.02. The van der Waals surface area contributed by atoms with Crippen molar-refractivity contribution in [1.29, 1.82) is 0 Å². The minimum absolute atomic E-state index is 0.0679. The first-order chi connectivity index (χ1) is 10.0. The third-order valence-electron chi connectivity index (χ3n) is 3.99. The second-order valence-corrected chi connectivity index (χ2v) is 6.30. The number of rotatable bonds is 4. The minimum Gasteiger partial charge on any atom is -0.339 e. The molecule has 0 bridgehead atoms. The molecule has 0 radical (unpaired) electrons. The molecule has 0 saturated carbocycles. The van der Waals surface area contributed by atoms with Crippen LogP contribution < -0.4 is 0 Å². The summed E-state index contributed by atoms with van der Waals surface area (Å²) >= 11 is 3.13. The Morgan fingerprint density at radius 2 is 2.10 bits per heavy atom. The Kier molecular flexibility index (Phi) is 5.33. The predicted octanol–water partition coefficient (Wildman–Crippen LogP) is 4.01. The van der Waals surface area contributed by atoms with Crippen LogP contribution in [0.4, 0.5) is 5.69 Å². The van der Waals surface area contributed by atoms with Crippen LogP contribution in [0, 0.1) is 16.0 Å². The lowest BCUT2D eigenvalue weighted by atomic mass is 9.92. The number of piperidine rings is 1. The van der Waals surface area contributed by atoms with Crippen LogP contribution >= 0.6 is 15.9 Å². The average molecular weight is 355 g/mol. The standard InChI is InChI=1S/C15H19BrN2O3/c1-2-3-11-6-8-17(9-7-11)15(19)12-4-5-13(16)14(10-12)18(20)21/h4-5,10-11H,2-3,6-9H2,1H3. The van der Waals surface area contributed by atoms with E-state index >= 15 is 0 Å². The number of hydrogen-bond donors (Lipinski definition) is 0. The third kappa shape index (κ3) is 3.81. The van der Waals surface area contributed by atoms with Gasteiger partial charge in [0.1, 0.15) is 0 Å². The van der Waals surface area contributed by atoms with Crippen LogP contribution in [0.25, 0.3) is 0 Å². The van der Waals surface area contributed by atoms with Crippen molar-refractivity contribution >= 4 is 27.5 Å². The average Bonchev–Trinajstić information content (AvgIpc) is 2.48. The van der Waals surface area contributed by atoms with Gasteiger partial charge in [-0.15, -0.1) is 0 Å². The molecule has 0 aromatic heterocycles. The molecule has 1 aliphatic heterocycles. The van der Waals surface area contributed by atoms with Crippen molar-refractivity contribution in [3.8, 4) is 0 Å². The van der Waals surface area contributed by atoms with E-state index in [0.29, 0.717) is 16.0 Å². The minimum atomic E-state index is -0.478. The van der Waals surface area contributed by atoms with E-state index in [4.69, 9.17) is 0 Å². The topological polar surface area (TPSA) is 63.5 Å². The molecule has 114 valence electrons. The van der Waals surface area contributed by atoms with E-state index in [1.807, 2.05) is 0 Å². The third-order valence-corrected chi connectivity index (χ3v) is 4.66. The predicted molar refractivity (Wildman–Crippen MR) is 84.3 cm³/mol. The first-order valence-corrected chi connectivity index (χ1v) is 8.05. The highest BCUT2D eigenvalue weighted by atomic mass is 79.9. The Balaban J connectivity index is 2.07. The van der Waals surface area contributed by atoms with Gasteiger partial charge in [-0.25, -0.2) is 0 Å². The van der Waals surface area contributed by atoms with Gasteiger partial charge < -0.3 is 4.90 Å². The van der Waals surface area contributed by atoms with Crippen LogP contribution in [0.15, 0.2) is 22.7 Å². The number of carbonyl (C=O) groups excluding carboxylic acids is 1. The number of likely N-dealkylation sites (tertiary alicyclic amines) is 1. The number of nitro benzene ring substituents is 1. The number of hydrogen-bond acceptors (Lipinski definition) is 3. The first kappa shape index (κ1) is 15.9. The van der Waals surface area contributed by atoms with E-state index in [-0.39, 0.29) is 11.6 Å². The molecule has 0 N–H and O–H groups in total. The van der Waals surface area contributed by atoms with Gasteiger partial charge in [-0.2, -0.15) is 0 Å². The molecule has 2 rings (SSSR count). The summed E-state index contributed by atoms with van der Waals surface area (Å²) in [6, 6.07) is 4.55. The number of nitrogens with zero attached hydrogens (tertiary/aromatic N) is 2. The smallest absolute Gasteiger partial charge is 0.284 e. The summed E-state index contributed by atoms with van der Waals surface area (Å²) in [5, 5.41) is 10.9. The zero-order valence-corrected chi connectivity index (χ0v) is 13.6. The largest absolute Gasteiger partial charge is 0.339 e. The summed E-state index contributed by atoms with van der Waals surface area (Å²) in [6.45, 7) is 3.67. The normalized spacial score (nSPS) is 16.0. The summed E-state index contributed by atoms with van der Waals surface area (Å²) < 4.78 is 0.394. The van der Waals surface area contributed by atoms with Crippen LogP contribution in [0.2, 0.25) is 0 Å². The molecule has 0 aliphatic carbocycles. The summed E-state index contributed by atoms with van der Waals surface area (Å²) in [5.74, 6) is 0.596. The van der Waals surface area contributed by atoms with Crippen LogP contribution in [0.5, 0.6) is 0 Å². The van der Waals surface area contributed by atoms with Gasteiger partial charge in [0.25, 0.3) is 11.6 Å². The fraction of sp³-hybridized carbons (Fsp3) is 0.533. The molecule has 1 amide bonds. The molecule has 1 saturated heterocycles. The highest BCUT2D eigenvalue weighted by molar-refractivity contribution is 9.10. The maximum Gasteiger partial charge on any atom is 0.284 e. The van der Waals surface area contributed by atoms with Gasteiger partial charge in [-0.1, -0.05) is 19.8 Å². The zero-order valence-electron chi connectivity index (χ0n) is 12.0. The monoisotopic (exact) mass is 354 g/mol. The summed E-state index contributed by atoms with van der Waals surface area (Å²) in [6.07, 6.45) is 4.44. The maximum absolute atomic E-state index is 12.4. The molecule has 1 aromatic rings. The molecular formula is C15H19BrN2O3. The number of nitro groups is 1. The molecule has 1 heterocycles. The van der Waals surface area contributed by atoms with Crippen LogP contribution in [-0.4, -0.2) is 28.8 Å². The number of amides is 1. The summed E-state index contributed by atoms with van der Waals surface area (Å²) in [5.41, 5.74) is 0.320. The Bertz CT molecular complexity index is 540. The van der Waals surface area contributed by atoms with Gasteiger partial charge in [0, 0.05) is 24.7 Å². The van der Waals surface area contributed by atoms with E-state index < -0.39 is 4.92 Å². The highest BCUT2D eigenvalue weighted by Crippen LogP contribution is 2.27. The van der Waals surface area contributed by atoms with Crippen molar-refractivity contribution in [3.05, 3.63) is 38.3 Å². The van der Waals surface area contributed by atoms with Crippen LogP contribution in [0.3, 0.4) is 0 Å². The summed E-state index contributed by atoms with van der Waals surface area (Å²) in [4.78, 5) is 24.7. The Labute approximate surface area is 132 Å². The van der Waals surface area contributed by atoms with Crippen molar-refractivity contribution in [3.63, 3.8) is 0 Å². The van der Waals surface area contributed by atoms with Crippen LogP contribution in [0.1, 0.15) is 43.0 Å². The fourth-order valence-electron chi connectivity index (χ4n) is 2.80. The maximum atomic E-state index is 12.4. The lowest BCUT2D eigenvalue weighted by Gasteiger charge is -2.32. The molecule has 0 unspecified atom stereocenters. The van der Waals surface area contributed by atoms with E-state index in [9.17, 15) is 14.9 Å². The van der Waals surface area contributed by atoms with Gasteiger partial charge in [0.05, 0.1) is 9.40 Å². The van der Waals surface area contributed by atoms with Crippen molar-refractivity contribution < 1.29 is 9.72 Å². The number of carbonyl (C=O) groups is 1. The fourth-order valence-corrected chi connectivity index (χ4v) is 3.19. The molecule has 0 spiro atoms. The molecule has 1 aromatic carbocycles. The highest BCUT2D eigenvalue weighted by Gasteiger charge is 2.24. The van der Waals surface area contributed by atoms with Gasteiger partial charge in [-0.05, 0) is 46.8 Å². The van der Waals surface area contributed by atoms with E-state index in [0.717, 1.165) is 25.9 Å². The van der Waals surface area contributed by atoms with Crippen LogP contribution in [-0.2, 0) is 0 Å². The van der Waals surface area contributed by atoms with Gasteiger partial charge in [0.2, 0.25) is 0 Å². The van der Waals surface area contributed by atoms with Crippen molar-refractivity contribution in [1.82, 2.24) is 4.90 Å². The Hall–Kier alpha value is -1.43. The number of halogens is 1. The lowest BCUT2D eigenvalue weighted by molar-refractivity contribution is -0.385. The lowest BCUT2D eigenvalue weighted by Crippen LogP contribution is -2.38. The second-order valence-electron chi connectivity index (χ2n) is 5.45. The molecule has 5 nitrogen and oxygen atoms in total. The van der Waals surface area contributed by atoms with Gasteiger partial charge in [-0.3, -0.25) is 14.9 Å². The van der Waals surface area contributed by atoms with E-state index in [1.165, 1.54) is 18.9 Å². The van der Waals surface area contributed by atoms with Crippen molar-refractivity contribution in [2.45, 2.75) is 32.6 Å². The molecule has 1 fully saturated rings. The van der Waals surface area contributed by atoms with Gasteiger partial charge in [0.15, 0.2) is 0 Å². The number of benzene rings is 1. The quantitative estimate of drug-likeness (QED) is 0.606. The van der Waals surface area contributed by atoms with E-state index in [1.54, 1.807) is 17.0 Å². The molecule has 21 heavy (non-hydrogen) atoms. The molecular weight excluding hydrogens is 336 g/mol. The Morgan fingerprint density at radius 1 is 1.43 bits per heavy atom. The van der Waals surface area contributed by atoms with E-state index in [2.05, 4.69) is 22.9 Å². The SMILES string of the molecule is CCCC1CCN(C(=O)c2ccc(Br)c([N+](=O)[O-])c2)CC1. The zero-order chi connectivity index (χ0) is 15.4. The van der Waals surface area contributed by atoms with Crippen molar-refractivity contribution in [2.24, 2.45) is 5.92 Å². The molecule has 6 heteroatoms. The molecule has 1 aliphatic rings. The first-order valence-electron chi connectivity index (χ1n) is 7.26. The van der Waals surface area contributed by atoms with Gasteiger partial charge >= 0.3 is 0 Å². The molecule has 0 atom stereocenters. The van der Waals surface area contributed by atoms with Crippen molar-refractivity contribution in [2.75, 3.05) is 13.1 Å². The Morgan fingerprint density at radius 3 is 2.67 bits per heavy atom.